The number of benzene rings is 1. The highest BCUT2D eigenvalue weighted by Crippen LogP contribution is 2.15. The van der Waals surface area contributed by atoms with E-state index in [-0.39, 0.29) is 18.5 Å². The molecule has 0 unspecified atom stereocenters. The first kappa shape index (κ1) is 15.3. The maximum absolute atomic E-state index is 12.1. The van der Waals surface area contributed by atoms with Gasteiger partial charge in [0.25, 0.3) is 0 Å². The van der Waals surface area contributed by atoms with Crippen LogP contribution in [0.1, 0.15) is 24.8 Å². The average Bonchev–Trinajstić information content (AvgIpc) is 2.46. The maximum atomic E-state index is 12.1. The molecule has 1 aromatic rings. The van der Waals surface area contributed by atoms with Crippen molar-refractivity contribution in [2.45, 2.75) is 31.7 Å². The van der Waals surface area contributed by atoms with E-state index in [1.54, 1.807) is 11.0 Å². The molecule has 1 saturated heterocycles. The van der Waals surface area contributed by atoms with E-state index in [1.807, 2.05) is 18.2 Å². The predicted octanol–water partition coefficient (Wildman–Crippen LogP) is 1.66. The fourth-order valence-corrected chi connectivity index (χ4v) is 2.36. The van der Waals surface area contributed by atoms with Gasteiger partial charge in [0.15, 0.2) is 0 Å². The molecule has 114 valence electrons. The summed E-state index contributed by atoms with van der Waals surface area (Å²) in [4.78, 5) is 24.5. The summed E-state index contributed by atoms with van der Waals surface area (Å²) in [5, 5.41) is 11.5. The number of anilines is 1. The number of urea groups is 1. The van der Waals surface area contributed by atoms with Crippen LogP contribution in [0.15, 0.2) is 24.3 Å². The van der Waals surface area contributed by atoms with Crippen molar-refractivity contribution < 1.29 is 14.7 Å². The van der Waals surface area contributed by atoms with Gasteiger partial charge in [0.2, 0.25) is 0 Å². The van der Waals surface area contributed by atoms with E-state index in [2.05, 4.69) is 5.32 Å². The summed E-state index contributed by atoms with van der Waals surface area (Å²) >= 11 is 0. The summed E-state index contributed by atoms with van der Waals surface area (Å²) in [6.45, 7) is 1.34. The minimum absolute atomic E-state index is 0.0847. The molecule has 1 aliphatic rings. The second-order valence-electron chi connectivity index (χ2n) is 5.35. The molecule has 0 saturated carbocycles. The van der Waals surface area contributed by atoms with Crippen LogP contribution in [0.25, 0.3) is 0 Å². The Balaban J connectivity index is 1.91. The van der Waals surface area contributed by atoms with Crippen molar-refractivity contribution in [1.29, 1.82) is 0 Å². The van der Waals surface area contributed by atoms with Crippen molar-refractivity contribution >= 4 is 17.7 Å². The molecule has 0 radical (unpaired) electrons. The first-order valence-corrected chi connectivity index (χ1v) is 7.17. The number of nitrogens with zero attached hydrogens (tertiary/aromatic N) is 1. The van der Waals surface area contributed by atoms with Gasteiger partial charge >= 0.3 is 12.0 Å². The zero-order valence-electron chi connectivity index (χ0n) is 11.9. The molecule has 1 heterocycles. The summed E-state index contributed by atoms with van der Waals surface area (Å²) < 4.78 is 0. The van der Waals surface area contributed by atoms with Crippen molar-refractivity contribution in [2.75, 3.05) is 18.4 Å². The molecule has 4 N–H and O–H groups in total. The monoisotopic (exact) mass is 291 g/mol. The molecule has 0 aliphatic carbocycles. The van der Waals surface area contributed by atoms with Crippen molar-refractivity contribution in [2.24, 2.45) is 5.73 Å². The topological polar surface area (TPSA) is 95.7 Å². The molecule has 2 amide bonds. The fraction of sp³-hybridized carbons (Fsp3) is 0.467. The molecule has 6 heteroatoms. The molecule has 1 aliphatic heterocycles. The van der Waals surface area contributed by atoms with Gasteiger partial charge < -0.3 is 21.1 Å². The number of piperidine rings is 1. The van der Waals surface area contributed by atoms with Crippen molar-refractivity contribution in [3.8, 4) is 0 Å². The molecule has 1 fully saturated rings. The number of carbonyl (C=O) groups excluding carboxylic acids is 1. The van der Waals surface area contributed by atoms with Gasteiger partial charge in [-0.2, -0.15) is 0 Å². The number of amides is 2. The summed E-state index contributed by atoms with van der Waals surface area (Å²) in [5.74, 6) is -0.825. The number of aryl methyl sites for hydroxylation is 1. The maximum Gasteiger partial charge on any atom is 0.321 e. The van der Waals surface area contributed by atoms with Gasteiger partial charge in [-0.15, -0.1) is 0 Å². The van der Waals surface area contributed by atoms with E-state index in [4.69, 9.17) is 10.8 Å². The molecule has 1 aromatic carbocycles. The lowest BCUT2D eigenvalue weighted by atomic mass is 10.1. The first-order valence-electron chi connectivity index (χ1n) is 7.17. The van der Waals surface area contributed by atoms with Gasteiger partial charge in [-0.05, 0) is 37.0 Å². The number of carboxylic acids is 1. The highest BCUT2D eigenvalue weighted by molar-refractivity contribution is 5.89. The molecule has 0 atom stereocenters. The Morgan fingerprint density at radius 3 is 2.71 bits per heavy atom. The minimum Gasteiger partial charge on any atom is -0.481 e. The Morgan fingerprint density at radius 1 is 1.33 bits per heavy atom. The van der Waals surface area contributed by atoms with E-state index >= 15 is 0 Å². The van der Waals surface area contributed by atoms with E-state index in [1.165, 1.54) is 0 Å². The Morgan fingerprint density at radius 2 is 2.05 bits per heavy atom. The lowest BCUT2D eigenvalue weighted by Crippen LogP contribution is -2.44. The predicted molar refractivity (Wildman–Crippen MR) is 80.2 cm³/mol. The standard InChI is InChI=1S/C15H21N3O3/c16-12-6-8-18(9-7-12)15(21)17-13-3-1-2-11(10-13)4-5-14(19)20/h1-3,10,12H,4-9,16H2,(H,17,21)(H,19,20). The van der Waals surface area contributed by atoms with Crippen LogP contribution in [0.4, 0.5) is 10.5 Å². The van der Waals surface area contributed by atoms with Gasteiger partial charge in [-0.3, -0.25) is 4.79 Å². The van der Waals surface area contributed by atoms with Gasteiger partial charge in [0.1, 0.15) is 0 Å². The van der Waals surface area contributed by atoms with E-state index < -0.39 is 5.97 Å². The Labute approximate surface area is 123 Å². The summed E-state index contributed by atoms with van der Waals surface area (Å²) in [6, 6.07) is 7.36. The number of nitrogens with two attached hydrogens (primary N) is 1. The molecule has 0 aromatic heterocycles. The Bertz CT molecular complexity index is 511. The van der Waals surface area contributed by atoms with Crippen LogP contribution in [0.3, 0.4) is 0 Å². The first-order chi connectivity index (χ1) is 10.0. The van der Waals surface area contributed by atoms with Gasteiger partial charge in [-0.1, -0.05) is 12.1 Å². The SMILES string of the molecule is NC1CCN(C(=O)Nc2cccc(CCC(=O)O)c2)CC1. The molecule has 21 heavy (non-hydrogen) atoms. The van der Waals surface area contributed by atoms with Crippen LogP contribution in [-0.4, -0.2) is 41.1 Å². The van der Waals surface area contributed by atoms with Crippen molar-refractivity contribution in [1.82, 2.24) is 4.90 Å². The molecule has 0 bridgehead atoms. The summed E-state index contributed by atoms with van der Waals surface area (Å²) in [5.41, 5.74) is 7.41. The lowest BCUT2D eigenvalue weighted by Gasteiger charge is -2.30. The number of nitrogens with one attached hydrogen (secondary N) is 1. The normalized spacial score (nSPS) is 15.8. The second-order valence-corrected chi connectivity index (χ2v) is 5.35. The van der Waals surface area contributed by atoms with Gasteiger partial charge in [0, 0.05) is 31.2 Å². The van der Waals surface area contributed by atoms with Gasteiger partial charge in [-0.25, -0.2) is 4.79 Å². The van der Waals surface area contributed by atoms with E-state index in [0.29, 0.717) is 25.2 Å². The molecule has 6 nitrogen and oxygen atoms in total. The number of aliphatic carboxylic acids is 1. The minimum atomic E-state index is -0.825. The fourth-order valence-electron chi connectivity index (χ4n) is 2.36. The number of likely N-dealkylation sites (tertiary alicyclic amines) is 1. The summed E-state index contributed by atoms with van der Waals surface area (Å²) in [7, 11) is 0. The van der Waals surface area contributed by atoms with Crippen molar-refractivity contribution in [3.63, 3.8) is 0 Å². The van der Waals surface area contributed by atoms with Crippen LogP contribution < -0.4 is 11.1 Å². The average molecular weight is 291 g/mol. The third-order valence-corrected chi connectivity index (χ3v) is 3.63. The molecule has 2 rings (SSSR count). The van der Waals surface area contributed by atoms with Crippen LogP contribution in [0.2, 0.25) is 0 Å². The number of carboxylic acid groups (broad SMARTS) is 1. The number of rotatable bonds is 4. The van der Waals surface area contributed by atoms with E-state index in [0.717, 1.165) is 18.4 Å². The van der Waals surface area contributed by atoms with Crippen LogP contribution in [0, 0.1) is 0 Å². The quantitative estimate of drug-likeness (QED) is 0.786. The highest BCUT2D eigenvalue weighted by Gasteiger charge is 2.20. The number of hydrogen-bond acceptors (Lipinski definition) is 3. The molecular formula is C15H21N3O3. The smallest absolute Gasteiger partial charge is 0.321 e. The zero-order valence-corrected chi connectivity index (χ0v) is 11.9. The summed E-state index contributed by atoms with van der Waals surface area (Å²) in [6.07, 6.45) is 2.19. The number of hydrogen-bond donors (Lipinski definition) is 3. The third-order valence-electron chi connectivity index (χ3n) is 3.63. The Hall–Kier alpha value is -2.08. The second kappa shape index (κ2) is 7.08. The molecule has 0 spiro atoms. The third kappa shape index (κ3) is 4.75. The largest absolute Gasteiger partial charge is 0.481 e. The van der Waals surface area contributed by atoms with Crippen LogP contribution >= 0.6 is 0 Å². The van der Waals surface area contributed by atoms with Crippen LogP contribution in [-0.2, 0) is 11.2 Å². The zero-order chi connectivity index (χ0) is 15.2. The lowest BCUT2D eigenvalue weighted by molar-refractivity contribution is -0.136. The van der Waals surface area contributed by atoms with Gasteiger partial charge in [0.05, 0.1) is 0 Å². The highest BCUT2D eigenvalue weighted by atomic mass is 16.4. The Kier molecular flexibility index (Phi) is 5.16. The van der Waals surface area contributed by atoms with Crippen LogP contribution in [0.5, 0.6) is 0 Å². The number of carbonyl (C=O) groups is 2. The molecular weight excluding hydrogens is 270 g/mol. The van der Waals surface area contributed by atoms with E-state index in [9.17, 15) is 9.59 Å². The van der Waals surface area contributed by atoms with Crippen molar-refractivity contribution in [3.05, 3.63) is 29.8 Å².